The van der Waals surface area contributed by atoms with Gasteiger partial charge in [0.2, 0.25) is 5.91 Å². The van der Waals surface area contributed by atoms with Crippen molar-refractivity contribution in [1.82, 2.24) is 19.7 Å². The van der Waals surface area contributed by atoms with Crippen LogP contribution in [0.3, 0.4) is 0 Å². The molecule has 0 aliphatic rings. The van der Waals surface area contributed by atoms with Crippen molar-refractivity contribution in [3.63, 3.8) is 0 Å². The first-order valence-electron chi connectivity index (χ1n) is 5.45. The van der Waals surface area contributed by atoms with Gasteiger partial charge < -0.3 is 5.32 Å². The average Bonchev–Trinajstić information content (AvgIpc) is 3.03. The molecule has 3 aromatic heterocycles. The van der Waals surface area contributed by atoms with Gasteiger partial charge in [0.25, 0.3) is 5.56 Å². The van der Waals surface area contributed by atoms with Gasteiger partial charge in [-0.05, 0) is 11.4 Å². The predicted molar refractivity (Wildman–Crippen MR) is 71.1 cm³/mol. The Balaban J connectivity index is 1.83. The van der Waals surface area contributed by atoms with E-state index in [0.717, 1.165) is 0 Å². The van der Waals surface area contributed by atoms with Crippen LogP contribution in [0.15, 0.2) is 35.0 Å². The van der Waals surface area contributed by atoms with Crippen LogP contribution in [-0.4, -0.2) is 25.7 Å². The number of fused-ring (bicyclic) bond motifs is 1. The van der Waals surface area contributed by atoms with Crippen molar-refractivity contribution < 1.29 is 4.79 Å². The third kappa shape index (κ3) is 2.25. The van der Waals surface area contributed by atoms with Gasteiger partial charge in [-0.15, -0.1) is 11.3 Å². The van der Waals surface area contributed by atoms with E-state index in [-0.39, 0.29) is 18.0 Å². The zero-order valence-corrected chi connectivity index (χ0v) is 10.5. The maximum Gasteiger partial charge on any atom is 0.262 e. The van der Waals surface area contributed by atoms with Gasteiger partial charge in [0.1, 0.15) is 11.4 Å². The van der Waals surface area contributed by atoms with Gasteiger partial charge in [-0.2, -0.15) is 5.10 Å². The van der Waals surface area contributed by atoms with Crippen molar-refractivity contribution in [2.24, 2.45) is 0 Å². The number of H-pyrrole nitrogens is 1. The molecule has 0 saturated carbocycles. The number of aromatic amines is 1. The summed E-state index contributed by atoms with van der Waals surface area (Å²) >= 11 is 1.40. The minimum absolute atomic E-state index is 0.0806. The number of nitrogens with one attached hydrogen (secondary N) is 2. The lowest BCUT2D eigenvalue weighted by Gasteiger charge is -2.05. The molecule has 0 aliphatic carbocycles. The number of carbonyl (C=O) groups is 1. The molecule has 0 radical (unpaired) electrons. The molecule has 0 bridgehead atoms. The van der Waals surface area contributed by atoms with E-state index in [9.17, 15) is 9.59 Å². The molecule has 0 fully saturated rings. The molecule has 0 saturated heterocycles. The Morgan fingerprint density at radius 2 is 2.42 bits per heavy atom. The molecule has 3 heterocycles. The predicted octanol–water partition coefficient (Wildman–Crippen LogP) is 0.820. The Morgan fingerprint density at radius 1 is 1.53 bits per heavy atom. The maximum absolute atomic E-state index is 12.1. The van der Waals surface area contributed by atoms with E-state index in [1.165, 1.54) is 28.4 Å². The first kappa shape index (κ1) is 11.6. The van der Waals surface area contributed by atoms with Crippen LogP contribution in [0.4, 0.5) is 5.69 Å². The Kier molecular flexibility index (Phi) is 2.84. The van der Waals surface area contributed by atoms with Gasteiger partial charge in [0.15, 0.2) is 0 Å². The molecule has 0 spiro atoms. The first-order valence-corrected chi connectivity index (χ1v) is 6.33. The van der Waals surface area contributed by atoms with Crippen LogP contribution < -0.4 is 10.9 Å². The third-order valence-corrected chi connectivity index (χ3v) is 3.37. The fourth-order valence-corrected chi connectivity index (χ4v) is 2.40. The second kappa shape index (κ2) is 4.65. The van der Waals surface area contributed by atoms with Crippen molar-refractivity contribution in [2.75, 3.05) is 5.32 Å². The van der Waals surface area contributed by atoms with E-state index in [1.54, 1.807) is 17.6 Å². The van der Waals surface area contributed by atoms with Crippen LogP contribution in [0.2, 0.25) is 0 Å². The van der Waals surface area contributed by atoms with E-state index >= 15 is 0 Å². The monoisotopic (exact) mass is 275 g/mol. The van der Waals surface area contributed by atoms with E-state index in [0.29, 0.717) is 15.9 Å². The van der Waals surface area contributed by atoms with Gasteiger partial charge in [0, 0.05) is 6.20 Å². The molecular formula is C11H9N5O2S. The summed E-state index contributed by atoms with van der Waals surface area (Å²) in [7, 11) is 0. The molecule has 1 amide bonds. The standard InChI is InChI=1S/C11H9N5O2S/c17-9(15-7-3-13-14-4-7)5-16-6-12-10-8(11(16)18)1-2-19-10/h1-4,6H,5H2,(H,13,14)(H,15,17). The van der Waals surface area contributed by atoms with Crippen molar-refractivity contribution in [2.45, 2.75) is 6.54 Å². The van der Waals surface area contributed by atoms with Crippen molar-refractivity contribution in [3.8, 4) is 0 Å². The van der Waals surface area contributed by atoms with Gasteiger partial charge in [-0.25, -0.2) is 4.98 Å². The zero-order chi connectivity index (χ0) is 13.2. The molecule has 3 rings (SSSR count). The number of carbonyl (C=O) groups excluding carboxylic acids is 1. The van der Waals surface area contributed by atoms with Gasteiger partial charge in [0.05, 0.1) is 23.6 Å². The molecule has 2 N–H and O–H groups in total. The number of nitrogens with zero attached hydrogens (tertiary/aromatic N) is 3. The lowest BCUT2D eigenvalue weighted by molar-refractivity contribution is -0.116. The number of hydrogen-bond acceptors (Lipinski definition) is 5. The minimum atomic E-state index is -0.306. The molecular weight excluding hydrogens is 266 g/mol. The SMILES string of the molecule is O=C(Cn1cnc2sccc2c1=O)Nc1cn[nH]c1. The molecule has 3 aromatic rings. The second-order valence-corrected chi connectivity index (χ2v) is 4.75. The summed E-state index contributed by atoms with van der Waals surface area (Å²) in [6.07, 6.45) is 4.43. The molecule has 0 aromatic carbocycles. The number of amides is 1. The summed E-state index contributed by atoms with van der Waals surface area (Å²) < 4.78 is 1.28. The highest BCUT2D eigenvalue weighted by atomic mass is 32.1. The van der Waals surface area contributed by atoms with Crippen molar-refractivity contribution >= 4 is 33.1 Å². The Hall–Kier alpha value is -2.48. The van der Waals surface area contributed by atoms with E-state index in [2.05, 4.69) is 20.5 Å². The number of hydrogen-bond donors (Lipinski definition) is 2. The summed E-state index contributed by atoms with van der Waals surface area (Å²) in [6, 6.07) is 1.71. The summed E-state index contributed by atoms with van der Waals surface area (Å²) in [6.45, 7) is -0.0806. The average molecular weight is 275 g/mol. The Labute approximate surface area is 110 Å². The summed E-state index contributed by atoms with van der Waals surface area (Å²) in [5.41, 5.74) is 0.344. The van der Waals surface area contributed by atoms with Gasteiger partial charge in [-0.1, -0.05) is 0 Å². The molecule has 0 aliphatic heterocycles. The van der Waals surface area contributed by atoms with Crippen molar-refractivity contribution in [1.29, 1.82) is 0 Å². The summed E-state index contributed by atoms with van der Waals surface area (Å²) in [5.74, 6) is -0.306. The molecule has 7 nitrogen and oxygen atoms in total. The highest BCUT2D eigenvalue weighted by molar-refractivity contribution is 7.16. The largest absolute Gasteiger partial charge is 0.322 e. The van der Waals surface area contributed by atoms with Crippen LogP contribution in [0.25, 0.3) is 10.2 Å². The van der Waals surface area contributed by atoms with Gasteiger partial charge >= 0.3 is 0 Å². The Bertz CT molecular complexity index is 774. The fourth-order valence-electron chi connectivity index (χ4n) is 1.68. The zero-order valence-electron chi connectivity index (χ0n) is 9.66. The normalized spacial score (nSPS) is 10.7. The Morgan fingerprint density at radius 3 is 3.21 bits per heavy atom. The van der Waals surface area contributed by atoms with Gasteiger partial charge in [-0.3, -0.25) is 19.3 Å². The molecule has 19 heavy (non-hydrogen) atoms. The van der Waals surface area contributed by atoms with E-state index in [1.807, 2.05) is 0 Å². The van der Waals surface area contributed by atoms with Crippen LogP contribution in [0.5, 0.6) is 0 Å². The van der Waals surface area contributed by atoms with Crippen LogP contribution in [0.1, 0.15) is 0 Å². The number of thiophene rings is 1. The quantitative estimate of drug-likeness (QED) is 0.740. The molecule has 8 heteroatoms. The van der Waals surface area contributed by atoms with Crippen LogP contribution >= 0.6 is 11.3 Å². The van der Waals surface area contributed by atoms with Crippen molar-refractivity contribution in [3.05, 3.63) is 40.5 Å². The lowest BCUT2D eigenvalue weighted by atomic mass is 10.4. The lowest BCUT2D eigenvalue weighted by Crippen LogP contribution is -2.27. The smallest absolute Gasteiger partial charge is 0.262 e. The molecule has 0 unspecified atom stereocenters. The number of aromatic nitrogens is 4. The maximum atomic E-state index is 12.1. The minimum Gasteiger partial charge on any atom is -0.322 e. The number of anilines is 1. The topological polar surface area (TPSA) is 92.7 Å². The van der Waals surface area contributed by atoms with E-state index < -0.39 is 0 Å². The van der Waals surface area contributed by atoms with Crippen LogP contribution in [0, 0.1) is 0 Å². The summed E-state index contributed by atoms with van der Waals surface area (Å²) in [5, 5.41) is 11.3. The third-order valence-electron chi connectivity index (χ3n) is 2.55. The first-order chi connectivity index (χ1) is 9.24. The molecule has 96 valence electrons. The van der Waals surface area contributed by atoms with Crippen LogP contribution in [-0.2, 0) is 11.3 Å². The number of rotatable bonds is 3. The molecule has 0 atom stereocenters. The summed E-state index contributed by atoms with van der Waals surface area (Å²) in [4.78, 5) is 28.6. The highest BCUT2D eigenvalue weighted by Crippen LogP contribution is 2.13. The second-order valence-electron chi connectivity index (χ2n) is 3.85. The fraction of sp³-hybridized carbons (Fsp3) is 0.0909. The van der Waals surface area contributed by atoms with E-state index in [4.69, 9.17) is 0 Å². The highest BCUT2D eigenvalue weighted by Gasteiger charge is 2.09.